The number of benzene rings is 1. The van der Waals surface area contributed by atoms with Crippen LogP contribution in [-0.2, 0) is 4.79 Å². The third-order valence-corrected chi connectivity index (χ3v) is 6.08. The van der Waals surface area contributed by atoms with Crippen LogP contribution < -0.4 is 16.2 Å². The van der Waals surface area contributed by atoms with Gasteiger partial charge in [0, 0.05) is 37.6 Å². The Kier molecular flexibility index (Phi) is 9.72. The van der Waals surface area contributed by atoms with Gasteiger partial charge < -0.3 is 10.2 Å². The van der Waals surface area contributed by atoms with Gasteiger partial charge in [-0.05, 0) is 51.1 Å². The molecule has 6 heteroatoms. The van der Waals surface area contributed by atoms with E-state index in [1.807, 2.05) is 11.9 Å². The highest BCUT2D eigenvalue weighted by Crippen LogP contribution is 2.24. The van der Waals surface area contributed by atoms with E-state index in [1.165, 1.54) is 24.8 Å². The van der Waals surface area contributed by atoms with Gasteiger partial charge in [-0.1, -0.05) is 43.2 Å². The molecule has 3 rings (SSSR count). The molecule has 0 radical (unpaired) electrons. The number of hydrazine groups is 1. The molecule has 5 nitrogen and oxygen atoms in total. The van der Waals surface area contributed by atoms with Gasteiger partial charge in [-0.15, -0.1) is 12.4 Å². The first kappa shape index (κ1) is 23.1. The normalized spacial score (nSPS) is 27.2. The van der Waals surface area contributed by atoms with E-state index in [0.29, 0.717) is 24.0 Å². The number of unbranched alkanes of at least 4 members (excludes halogenated alkanes) is 2. The smallest absolute Gasteiger partial charge is 0.225 e. The number of piperidine rings is 1. The molecule has 0 bridgehead atoms. The molecule has 3 N–H and O–H groups in total. The van der Waals surface area contributed by atoms with E-state index in [-0.39, 0.29) is 18.3 Å². The highest BCUT2D eigenvalue weighted by atomic mass is 35.5. The van der Waals surface area contributed by atoms with Crippen LogP contribution in [0.4, 0.5) is 0 Å². The fourth-order valence-electron chi connectivity index (χ4n) is 4.41. The van der Waals surface area contributed by atoms with Gasteiger partial charge in [0.2, 0.25) is 5.91 Å². The Hall–Kier alpha value is -1.14. The maximum absolute atomic E-state index is 12.6. The first-order valence-electron chi connectivity index (χ1n) is 10.7. The Balaban J connectivity index is 0.00000280. The summed E-state index contributed by atoms with van der Waals surface area (Å²) in [6, 6.07) is 12.1. The highest BCUT2D eigenvalue weighted by Gasteiger charge is 2.27. The first-order chi connectivity index (χ1) is 13.1. The van der Waals surface area contributed by atoms with Gasteiger partial charge in [-0.3, -0.25) is 15.6 Å². The van der Waals surface area contributed by atoms with Crippen LogP contribution in [-0.4, -0.2) is 43.0 Å². The highest BCUT2D eigenvalue weighted by molar-refractivity contribution is 5.85. The van der Waals surface area contributed by atoms with E-state index in [1.54, 1.807) is 0 Å². The molecule has 1 amide bonds. The van der Waals surface area contributed by atoms with Crippen molar-refractivity contribution in [2.45, 2.75) is 70.0 Å². The summed E-state index contributed by atoms with van der Waals surface area (Å²) >= 11 is 0. The fraction of sp³-hybridized carbons (Fsp3) is 0.682. The summed E-state index contributed by atoms with van der Waals surface area (Å²) in [6.45, 7) is 4.03. The number of hydrogen-bond acceptors (Lipinski definition) is 4. The summed E-state index contributed by atoms with van der Waals surface area (Å²) in [6.07, 6.45) is 7.81. The van der Waals surface area contributed by atoms with Crippen molar-refractivity contribution in [3.05, 3.63) is 35.9 Å². The quantitative estimate of drug-likeness (QED) is 0.577. The zero-order chi connectivity index (χ0) is 19.1. The topological polar surface area (TPSA) is 56.4 Å². The summed E-state index contributed by atoms with van der Waals surface area (Å²) in [5, 5.41) is 3.42. The second kappa shape index (κ2) is 11.8. The van der Waals surface area contributed by atoms with Gasteiger partial charge >= 0.3 is 0 Å². The van der Waals surface area contributed by atoms with Crippen molar-refractivity contribution in [2.24, 2.45) is 5.92 Å². The number of nitrogens with zero attached hydrogens (tertiary/aromatic N) is 1. The average molecular weight is 409 g/mol. The number of amides is 1. The van der Waals surface area contributed by atoms with Crippen molar-refractivity contribution >= 4 is 18.3 Å². The van der Waals surface area contributed by atoms with E-state index >= 15 is 0 Å². The minimum absolute atomic E-state index is 0. The van der Waals surface area contributed by atoms with Crippen LogP contribution in [0.1, 0.15) is 63.5 Å². The van der Waals surface area contributed by atoms with Gasteiger partial charge in [0.1, 0.15) is 0 Å². The van der Waals surface area contributed by atoms with E-state index in [9.17, 15) is 4.79 Å². The van der Waals surface area contributed by atoms with Crippen LogP contribution in [0.3, 0.4) is 0 Å². The number of carbonyl (C=O) groups excluding carboxylic acids is 1. The van der Waals surface area contributed by atoms with Gasteiger partial charge in [0.25, 0.3) is 0 Å². The Morgan fingerprint density at radius 3 is 2.64 bits per heavy atom. The monoisotopic (exact) mass is 408 g/mol. The molecule has 0 saturated carbocycles. The van der Waals surface area contributed by atoms with E-state index in [2.05, 4.69) is 53.4 Å². The molecule has 2 heterocycles. The maximum atomic E-state index is 12.6. The summed E-state index contributed by atoms with van der Waals surface area (Å²) in [7, 11) is 1.97. The SMILES string of the molecule is C[C@H]1C[C@@H](C(=O)N(C)CCCCCC2CC(c3ccccc3)NN2)CCN1.Cl. The maximum Gasteiger partial charge on any atom is 0.225 e. The van der Waals surface area contributed by atoms with Crippen LogP contribution in [0.5, 0.6) is 0 Å². The lowest BCUT2D eigenvalue weighted by Crippen LogP contribution is -2.43. The molecule has 1 aromatic rings. The van der Waals surface area contributed by atoms with Crippen molar-refractivity contribution in [2.75, 3.05) is 20.1 Å². The molecular weight excluding hydrogens is 372 g/mol. The largest absolute Gasteiger partial charge is 0.346 e. The molecule has 1 aromatic carbocycles. The predicted octanol–water partition coefficient (Wildman–Crippen LogP) is 3.42. The molecule has 0 aromatic heterocycles. The minimum atomic E-state index is 0. The van der Waals surface area contributed by atoms with Gasteiger partial charge in [-0.25, -0.2) is 0 Å². The number of rotatable bonds is 8. The average Bonchev–Trinajstić information content (AvgIpc) is 3.16. The summed E-state index contributed by atoms with van der Waals surface area (Å²) < 4.78 is 0. The number of hydrogen-bond donors (Lipinski definition) is 3. The van der Waals surface area contributed by atoms with Crippen molar-refractivity contribution in [3.63, 3.8) is 0 Å². The molecule has 2 aliphatic heterocycles. The Morgan fingerprint density at radius 2 is 1.89 bits per heavy atom. The van der Waals surface area contributed by atoms with Gasteiger partial charge in [0.15, 0.2) is 0 Å². The lowest BCUT2D eigenvalue weighted by atomic mass is 9.92. The molecule has 2 fully saturated rings. The van der Waals surface area contributed by atoms with Crippen LogP contribution in [0.15, 0.2) is 30.3 Å². The lowest BCUT2D eigenvalue weighted by Gasteiger charge is -2.30. The van der Waals surface area contributed by atoms with Crippen molar-refractivity contribution in [1.29, 1.82) is 0 Å². The third kappa shape index (κ3) is 6.73. The van der Waals surface area contributed by atoms with E-state index in [4.69, 9.17) is 0 Å². The predicted molar refractivity (Wildman–Crippen MR) is 117 cm³/mol. The molecule has 2 aliphatic rings. The molecule has 28 heavy (non-hydrogen) atoms. The lowest BCUT2D eigenvalue weighted by molar-refractivity contribution is -0.135. The van der Waals surface area contributed by atoms with Crippen LogP contribution in [0, 0.1) is 5.92 Å². The summed E-state index contributed by atoms with van der Waals surface area (Å²) in [5.41, 5.74) is 8.24. The Bertz CT molecular complexity index is 585. The molecule has 2 unspecified atom stereocenters. The number of carbonyl (C=O) groups is 1. The number of nitrogens with one attached hydrogen (secondary N) is 3. The Morgan fingerprint density at radius 1 is 1.11 bits per heavy atom. The molecular formula is C22H37ClN4O. The summed E-state index contributed by atoms with van der Waals surface area (Å²) in [4.78, 5) is 14.5. The van der Waals surface area contributed by atoms with Crippen LogP contribution in [0.25, 0.3) is 0 Å². The number of halogens is 1. The van der Waals surface area contributed by atoms with Gasteiger partial charge in [-0.2, -0.15) is 0 Å². The van der Waals surface area contributed by atoms with E-state index in [0.717, 1.165) is 38.8 Å². The zero-order valence-corrected chi connectivity index (χ0v) is 18.1. The first-order valence-corrected chi connectivity index (χ1v) is 10.7. The molecule has 158 valence electrons. The van der Waals surface area contributed by atoms with E-state index < -0.39 is 0 Å². The van der Waals surface area contributed by atoms with Crippen LogP contribution in [0.2, 0.25) is 0 Å². The third-order valence-electron chi connectivity index (χ3n) is 6.08. The Labute approximate surface area is 176 Å². The van der Waals surface area contributed by atoms with Crippen molar-refractivity contribution in [3.8, 4) is 0 Å². The second-order valence-corrected chi connectivity index (χ2v) is 8.37. The minimum Gasteiger partial charge on any atom is -0.346 e. The zero-order valence-electron chi connectivity index (χ0n) is 17.3. The van der Waals surface area contributed by atoms with Crippen molar-refractivity contribution < 1.29 is 4.79 Å². The standard InChI is InChI=1S/C22H36N4O.ClH/c1-17-15-19(12-13-23-17)22(27)26(2)14-8-4-7-11-20-16-21(25-24-20)18-9-5-3-6-10-18;/h3,5-6,9-10,17,19-21,23-25H,4,7-8,11-16H2,1-2H3;1H/t17-,19-,20?,21?;/m0./s1. The molecule has 0 aliphatic carbocycles. The molecule has 4 atom stereocenters. The second-order valence-electron chi connectivity index (χ2n) is 8.37. The molecule has 0 spiro atoms. The van der Waals surface area contributed by atoms with Crippen molar-refractivity contribution in [1.82, 2.24) is 21.1 Å². The van der Waals surface area contributed by atoms with Crippen LogP contribution >= 0.6 is 12.4 Å². The van der Waals surface area contributed by atoms with Gasteiger partial charge in [0.05, 0.1) is 0 Å². The molecule has 2 saturated heterocycles. The summed E-state index contributed by atoms with van der Waals surface area (Å²) in [5.74, 6) is 0.561. The fourth-order valence-corrected chi connectivity index (χ4v) is 4.41.